The van der Waals surface area contributed by atoms with Crippen LogP contribution in [-0.2, 0) is 4.79 Å². The highest BCUT2D eigenvalue weighted by Crippen LogP contribution is 2.24. The Hall–Kier alpha value is -0.790. The summed E-state index contributed by atoms with van der Waals surface area (Å²) in [5.74, 6) is -0.305. The van der Waals surface area contributed by atoms with Crippen LogP contribution < -0.4 is 0 Å². The summed E-state index contributed by atoms with van der Waals surface area (Å²) >= 11 is 0. The topological polar surface area (TPSA) is 37.3 Å². The van der Waals surface area contributed by atoms with Crippen molar-refractivity contribution in [3.8, 4) is 0 Å². The van der Waals surface area contributed by atoms with Gasteiger partial charge in [-0.2, -0.15) is 0 Å². The smallest absolute Gasteiger partial charge is 0.330 e. The Kier molecular flexibility index (Phi) is 10.8. The minimum Gasteiger partial charge on any atom is -0.478 e. The summed E-state index contributed by atoms with van der Waals surface area (Å²) in [7, 11) is 0. The van der Waals surface area contributed by atoms with Gasteiger partial charge in [-0.1, -0.05) is 78.2 Å². The summed E-state index contributed by atoms with van der Waals surface area (Å²) in [5.41, 5.74) is 0.381. The highest BCUT2D eigenvalue weighted by atomic mass is 16.4. The van der Waals surface area contributed by atoms with Gasteiger partial charge in [0.25, 0.3) is 0 Å². The molecule has 1 N–H and O–H groups in total. The fourth-order valence-electron chi connectivity index (χ4n) is 2.33. The van der Waals surface area contributed by atoms with Gasteiger partial charge >= 0.3 is 5.97 Å². The first-order chi connectivity index (χ1) is 8.61. The number of hydrogen-bond donors (Lipinski definition) is 1. The Labute approximate surface area is 112 Å². The maximum Gasteiger partial charge on any atom is 0.330 e. The number of unbranched alkanes of at least 4 members (excludes halogenated alkanes) is 5. The molecule has 0 aliphatic heterocycles. The molecule has 0 saturated heterocycles. The van der Waals surface area contributed by atoms with Crippen molar-refractivity contribution in [3.63, 3.8) is 0 Å². The second kappa shape index (κ2) is 11.3. The van der Waals surface area contributed by atoms with E-state index >= 15 is 0 Å². The maximum atomic E-state index is 10.8. The first kappa shape index (κ1) is 17.2. The third kappa shape index (κ3) is 9.26. The quantitative estimate of drug-likeness (QED) is 0.384. The summed E-state index contributed by atoms with van der Waals surface area (Å²) < 4.78 is 0. The zero-order valence-corrected chi connectivity index (χ0v) is 12.2. The second-order valence-corrected chi connectivity index (χ2v) is 5.32. The van der Waals surface area contributed by atoms with Gasteiger partial charge in [0.1, 0.15) is 0 Å². The van der Waals surface area contributed by atoms with Crippen LogP contribution in [0.2, 0.25) is 0 Å². The monoisotopic (exact) mass is 254 g/mol. The van der Waals surface area contributed by atoms with E-state index in [2.05, 4.69) is 20.4 Å². The molecule has 106 valence electrons. The molecule has 0 aromatic heterocycles. The molecule has 0 bridgehead atoms. The third-order valence-corrected chi connectivity index (χ3v) is 3.52. The number of carboxylic acids is 1. The average Bonchev–Trinajstić information content (AvgIpc) is 2.34. The molecule has 0 aromatic carbocycles. The van der Waals surface area contributed by atoms with Gasteiger partial charge in [-0.15, -0.1) is 0 Å². The maximum absolute atomic E-state index is 10.8. The molecule has 18 heavy (non-hydrogen) atoms. The number of carbonyl (C=O) groups is 1. The summed E-state index contributed by atoms with van der Waals surface area (Å²) in [6.07, 6.45) is 11.8. The van der Waals surface area contributed by atoms with Crippen LogP contribution in [0.25, 0.3) is 0 Å². The lowest BCUT2D eigenvalue weighted by Gasteiger charge is -2.16. The van der Waals surface area contributed by atoms with E-state index in [0.29, 0.717) is 17.9 Å². The minimum atomic E-state index is -0.830. The van der Waals surface area contributed by atoms with E-state index in [1.807, 2.05) is 0 Å². The number of carboxylic acid groups (broad SMARTS) is 1. The number of hydrogen-bond acceptors (Lipinski definition) is 1. The fourth-order valence-corrected chi connectivity index (χ4v) is 2.33. The van der Waals surface area contributed by atoms with Crippen LogP contribution >= 0.6 is 0 Å². The molecule has 0 saturated carbocycles. The van der Waals surface area contributed by atoms with Crippen LogP contribution in [0.1, 0.15) is 78.1 Å². The van der Waals surface area contributed by atoms with E-state index in [-0.39, 0.29) is 0 Å². The lowest BCUT2D eigenvalue weighted by Crippen LogP contribution is -2.08. The molecule has 0 spiro atoms. The van der Waals surface area contributed by atoms with E-state index in [1.54, 1.807) is 0 Å². The Morgan fingerprint density at radius 2 is 1.50 bits per heavy atom. The van der Waals surface area contributed by atoms with Crippen molar-refractivity contribution < 1.29 is 9.90 Å². The third-order valence-electron chi connectivity index (χ3n) is 3.52. The molecule has 2 heteroatoms. The van der Waals surface area contributed by atoms with Crippen molar-refractivity contribution in [3.05, 3.63) is 12.2 Å². The van der Waals surface area contributed by atoms with E-state index in [1.165, 1.54) is 44.9 Å². The highest BCUT2D eigenvalue weighted by Gasteiger charge is 2.13. The summed E-state index contributed by atoms with van der Waals surface area (Å²) in [6.45, 7) is 8.08. The minimum absolute atomic E-state index is 0.381. The van der Waals surface area contributed by atoms with Gasteiger partial charge in [-0.25, -0.2) is 4.79 Å². The van der Waals surface area contributed by atoms with Crippen LogP contribution in [0.15, 0.2) is 12.2 Å². The number of rotatable bonds is 12. The van der Waals surface area contributed by atoms with Crippen molar-refractivity contribution >= 4 is 5.97 Å². The molecular weight excluding hydrogens is 224 g/mol. The van der Waals surface area contributed by atoms with Crippen LogP contribution in [0.3, 0.4) is 0 Å². The predicted octanol–water partition coefficient (Wildman–Crippen LogP) is 5.18. The second-order valence-electron chi connectivity index (χ2n) is 5.32. The summed E-state index contributed by atoms with van der Waals surface area (Å²) in [4.78, 5) is 10.8. The molecule has 1 unspecified atom stereocenters. The van der Waals surface area contributed by atoms with Gasteiger partial charge in [-0.3, -0.25) is 0 Å². The SMILES string of the molecule is C=C(CC(CCCCC)CCCCCC)C(=O)O. The Bertz CT molecular complexity index is 233. The van der Waals surface area contributed by atoms with Crippen molar-refractivity contribution in [2.75, 3.05) is 0 Å². The molecule has 0 heterocycles. The van der Waals surface area contributed by atoms with E-state index in [9.17, 15) is 4.79 Å². The van der Waals surface area contributed by atoms with Gasteiger partial charge in [0, 0.05) is 5.57 Å². The summed E-state index contributed by atoms with van der Waals surface area (Å²) in [6, 6.07) is 0. The van der Waals surface area contributed by atoms with Gasteiger partial charge in [0.15, 0.2) is 0 Å². The average molecular weight is 254 g/mol. The molecule has 0 aliphatic rings. The van der Waals surface area contributed by atoms with Gasteiger partial charge in [0.05, 0.1) is 0 Å². The number of aliphatic carboxylic acids is 1. The first-order valence-electron chi connectivity index (χ1n) is 7.52. The van der Waals surface area contributed by atoms with Gasteiger partial charge in [0.2, 0.25) is 0 Å². The normalized spacial score (nSPS) is 12.3. The molecule has 0 aliphatic carbocycles. The Morgan fingerprint density at radius 3 is 2.00 bits per heavy atom. The van der Waals surface area contributed by atoms with Gasteiger partial charge in [-0.05, 0) is 12.3 Å². The van der Waals surface area contributed by atoms with Crippen molar-refractivity contribution in [2.45, 2.75) is 78.1 Å². The van der Waals surface area contributed by atoms with Crippen molar-refractivity contribution in [1.82, 2.24) is 0 Å². The molecule has 2 nitrogen and oxygen atoms in total. The van der Waals surface area contributed by atoms with Crippen LogP contribution in [0, 0.1) is 5.92 Å². The lowest BCUT2D eigenvalue weighted by atomic mass is 9.89. The van der Waals surface area contributed by atoms with Crippen LogP contribution in [0.5, 0.6) is 0 Å². The van der Waals surface area contributed by atoms with Crippen molar-refractivity contribution in [1.29, 1.82) is 0 Å². The zero-order chi connectivity index (χ0) is 13.8. The molecule has 0 rings (SSSR count). The molecular formula is C16H30O2. The Balaban J connectivity index is 3.98. The molecule has 0 fully saturated rings. The molecule has 0 radical (unpaired) electrons. The zero-order valence-electron chi connectivity index (χ0n) is 12.2. The predicted molar refractivity (Wildman–Crippen MR) is 77.8 cm³/mol. The first-order valence-corrected chi connectivity index (χ1v) is 7.52. The van der Waals surface area contributed by atoms with E-state index in [0.717, 1.165) is 12.8 Å². The Morgan fingerprint density at radius 1 is 1.00 bits per heavy atom. The van der Waals surface area contributed by atoms with Crippen molar-refractivity contribution in [2.24, 2.45) is 5.92 Å². The van der Waals surface area contributed by atoms with E-state index in [4.69, 9.17) is 5.11 Å². The molecule has 0 amide bonds. The largest absolute Gasteiger partial charge is 0.478 e. The fraction of sp³-hybridized carbons (Fsp3) is 0.812. The standard InChI is InChI=1S/C16H30O2/c1-4-6-8-10-12-15(11-9-7-5-2)13-14(3)16(17)18/h15H,3-13H2,1-2H3,(H,17,18). The molecule has 0 aromatic rings. The molecule has 1 atom stereocenters. The van der Waals surface area contributed by atoms with Gasteiger partial charge < -0.3 is 5.11 Å². The van der Waals surface area contributed by atoms with E-state index < -0.39 is 5.97 Å². The lowest BCUT2D eigenvalue weighted by molar-refractivity contribution is -0.132. The van der Waals surface area contributed by atoms with Crippen LogP contribution in [0.4, 0.5) is 0 Å². The van der Waals surface area contributed by atoms with Crippen LogP contribution in [-0.4, -0.2) is 11.1 Å². The highest BCUT2D eigenvalue weighted by molar-refractivity contribution is 5.85. The summed E-state index contributed by atoms with van der Waals surface area (Å²) in [5, 5.41) is 8.91.